The van der Waals surface area contributed by atoms with Crippen LogP contribution in [0.5, 0.6) is 0 Å². The second kappa shape index (κ2) is 17.5. The van der Waals surface area contributed by atoms with Crippen molar-refractivity contribution in [3.05, 3.63) is 0 Å². The number of rotatable bonds is 7. The Morgan fingerprint density at radius 1 is 0.328 bits per heavy atom. The molecule has 0 N–H and O–H groups in total. The minimum atomic E-state index is 0.372. The van der Waals surface area contributed by atoms with Crippen LogP contribution < -0.4 is 0 Å². The number of hydrogen-bond acceptors (Lipinski definition) is 2. The minimum absolute atomic E-state index is 0.372. The van der Waals surface area contributed by atoms with Gasteiger partial charge in [-0.3, -0.25) is 9.80 Å². The fourth-order valence-corrected chi connectivity index (χ4v) is 20.4. The van der Waals surface area contributed by atoms with Crippen LogP contribution >= 0.6 is 23.2 Å². The van der Waals surface area contributed by atoms with Crippen LogP contribution in [0.4, 0.5) is 0 Å². The minimum Gasteiger partial charge on any atom is -0.293 e. The Labute approximate surface area is 368 Å². The summed E-state index contributed by atoms with van der Waals surface area (Å²) in [5.41, 5.74) is 1.07. The number of fused-ring (bicyclic) bond motifs is 6. The molecule has 330 valence electrons. The first-order valence-corrected chi connectivity index (χ1v) is 27.8. The smallest absolute Gasteiger partial charge is 0.0491 e. The summed E-state index contributed by atoms with van der Waals surface area (Å²) in [6.45, 7) is 10.9. The van der Waals surface area contributed by atoms with Gasteiger partial charge in [0.05, 0.1) is 0 Å². The highest BCUT2D eigenvalue weighted by Crippen LogP contribution is 2.65. The summed E-state index contributed by atoms with van der Waals surface area (Å²) in [5, 5.41) is 0.745. The van der Waals surface area contributed by atoms with Gasteiger partial charge in [-0.2, -0.15) is 0 Å². The largest absolute Gasteiger partial charge is 0.293 e. The van der Waals surface area contributed by atoms with E-state index in [9.17, 15) is 0 Å². The van der Waals surface area contributed by atoms with E-state index in [0.717, 1.165) is 83.3 Å². The van der Waals surface area contributed by atoms with Gasteiger partial charge in [0.25, 0.3) is 0 Å². The third-order valence-electron chi connectivity index (χ3n) is 22.2. The second-order valence-electron chi connectivity index (χ2n) is 25.0. The van der Waals surface area contributed by atoms with Gasteiger partial charge in [0.2, 0.25) is 0 Å². The molecule has 4 heteroatoms. The van der Waals surface area contributed by atoms with Crippen LogP contribution in [0.25, 0.3) is 0 Å². The molecule has 0 amide bonds. The summed E-state index contributed by atoms with van der Waals surface area (Å²) in [5.74, 6) is 9.90. The topological polar surface area (TPSA) is 6.48 Å². The van der Waals surface area contributed by atoms with Crippen LogP contribution in [-0.2, 0) is 0 Å². The van der Waals surface area contributed by atoms with Crippen LogP contribution in [-0.4, -0.2) is 56.8 Å². The highest BCUT2D eigenvalue weighted by molar-refractivity contribution is 6.21. The van der Waals surface area contributed by atoms with Gasteiger partial charge in [-0.25, -0.2) is 0 Å². The van der Waals surface area contributed by atoms with E-state index in [0.29, 0.717) is 33.7 Å². The SMILES string of the molecule is CC1(C)C2CCCCC2C2CCC(N(C3CCC(C4CCC(N(C5CCC6C7CCCCC7C(C)(C)C6C5)C5CCCCC5Cl)CC4)CC3)C3CCCCC3Cl)CC21. The lowest BCUT2D eigenvalue weighted by molar-refractivity contribution is -0.0274. The Morgan fingerprint density at radius 3 is 1.05 bits per heavy atom. The molecule has 14 unspecified atom stereocenters. The van der Waals surface area contributed by atoms with Crippen molar-refractivity contribution in [1.82, 2.24) is 9.80 Å². The average molecular weight is 838 g/mol. The first kappa shape index (κ1) is 42.5. The molecule has 0 radical (unpaired) electrons. The molecular formula is C54H90Cl2N2. The molecule has 10 aliphatic rings. The Morgan fingerprint density at radius 2 is 0.655 bits per heavy atom. The summed E-state index contributed by atoms with van der Waals surface area (Å²) in [4.78, 5) is 6.41. The number of alkyl halides is 2. The summed E-state index contributed by atoms with van der Waals surface area (Å²) >= 11 is 14.8. The lowest BCUT2D eigenvalue weighted by atomic mass is 9.66. The van der Waals surface area contributed by atoms with Gasteiger partial charge in [0, 0.05) is 47.0 Å². The van der Waals surface area contributed by atoms with Gasteiger partial charge in [0.1, 0.15) is 0 Å². The van der Waals surface area contributed by atoms with Gasteiger partial charge in [0.15, 0.2) is 0 Å². The molecule has 0 heterocycles. The van der Waals surface area contributed by atoms with Crippen molar-refractivity contribution in [1.29, 1.82) is 0 Å². The van der Waals surface area contributed by atoms with Crippen LogP contribution in [0.1, 0.15) is 220 Å². The zero-order valence-electron chi connectivity index (χ0n) is 38.3. The van der Waals surface area contributed by atoms with E-state index in [1.807, 2.05) is 0 Å². The molecule has 0 aromatic heterocycles. The van der Waals surface area contributed by atoms with E-state index in [-0.39, 0.29) is 0 Å². The van der Waals surface area contributed by atoms with Crippen LogP contribution in [0.3, 0.4) is 0 Å². The van der Waals surface area contributed by atoms with Crippen molar-refractivity contribution >= 4 is 23.2 Å². The molecule has 14 atom stereocenters. The Bertz CT molecular complexity index is 1260. The predicted molar refractivity (Wildman–Crippen MR) is 247 cm³/mol. The molecule has 0 saturated heterocycles. The zero-order valence-corrected chi connectivity index (χ0v) is 39.8. The number of halogens is 2. The summed E-state index contributed by atoms with van der Waals surface area (Å²) in [6, 6.07) is 4.40. The van der Waals surface area contributed by atoms with Crippen molar-refractivity contribution in [2.75, 3.05) is 0 Å². The van der Waals surface area contributed by atoms with E-state index in [1.54, 1.807) is 0 Å². The third-order valence-corrected chi connectivity index (χ3v) is 23.2. The van der Waals surface area contributed by atoms with E-state index in [4.69, 9.17) is 23.2 Å². The molecule has 0 aromatic rings. The lowest BCUT2D eigenvalue weighted by Crippen LogP contribution is -2.57. The molecule has 0 bridgehead atoms. The normalized spacial score (nSPS) is 50.5. The van der Waals surface area contributed by atoms with Gasteiger partial charge < -0.3 is 0 Å². The Balaban J connectivity index is 0.795. The monoisotopic (exact) mass is 837 g/mol. The molecule has 2 nitrogen and oxygen atoms in total. The predicted octanol–water partition coefficient (Wildman–Crippen LogP) is 15.1. The van der Waals surface area contributed by atoms with Crippen molar-refractivity contribution in [2.24, 2.45) is 70.0 Å². The van der Waals surface area contributed by atoms with Crippen LogP contribution in [0, 0.1) is 70.0 Å². The fourth-order valence-electron chi connectivity index (χ4n) is 19.6. The van der Waals surface area contributed by atoms with E-state index in [2.05, 4.69) is 37.5 Å². The number of hydrogen-bond donors (Lipinski definition) is 0. The maximum atomic E-state index is 7.41. The molecule has 0 aromatic carbocycles. The fraction of sp³-hybridized carbons (Fsp3) is 1.00. The van der Waals surface area contributed by atoms with Gasteiger partial charge in [-0.1, -0.05) is 79.1 Å². The van der Waals surface area contributed by atoms with E-state index >= 15 is 0 Å². The first-order chi connectivity index (χ1) is 28.1. The lowest BCUT2D eigenvalue weighted by Gasteiger charge is -2.53. The highest BCUT2D eigenvalue weighted by Gasteiger charge is 2.59. The summed E-state index contributed by atoms with van der Waals surface area (Å²) in [6.07, 6.45) is 43.5. The Kier molecular flexibility index (Phi) is 12.8. The quantitative estimate of drug-likeness (QED) is 0.236. The number of nitrogens with zero attached hydrogens (tertiary/aromatic N) is 2. The highest BCUT2D eigenvalue weighted by atomic mass is 35.5. The van der Waals surface area contributed by atoms with Crippen molar-refractivity contribution in [2.45, 2.75) is 267 Å². The van der Waals surface area contributed by atoms with Crippen molar-refractivity contribution in [3.8, 4) is 0 Å². The standard InChI is InChI=1S/C54H90Cl2N2/c1-53(2)45-15-7-5-13-41(45)43-31-29-39(33-47(43)53)57(51-19-11-9-17-49(51)55)37-25-21-35(22-26-37)36-23-27-38(28-24-36)58(52-20-12-10-18-50(52)56)40-30-32-44-42-14-6-8-16-46(42)54(3,4)48(44)34-40/h35-52H,5-34H2,1-4H3. The summed E-state index contributed by atoms with van der Waals surface area (Å²) < 4.78 is 0. The molecule has 10 rings (SSSR count). The zero-order chi connectivity index (χ0) is 39.8. The van der Waals surface area contributed by atoms with Crippen molar-refractivity contribution < 1.29 is 0 Å². The Hall–Kier alpha value is 0.500. The average Bonchev–Trinajstić information content (AvgIpc) is 3.62. The van der Waals surface area contributed by atoms with Crippen molar-refractivity contribution in [3.63, 3.8) is 0 Å². The molecule has 10 fully saturated rings. The van der Waals surface area contributed by atoms with Crippen LogP contribution in [0.15, 0.2) is 0 Å². The van der Waals surface area contributed by atoms with E-state index < -0.39 is 0 Å². The molecule has 0 aliphatic heterocycles. The van der Waals surface area contributed by atoms with E-state index in [1.165, 1.54) is 193 Å². The molecule has 58 heavy (non-hydrogen) atoms. The van der Waals surface area contributed by atoms with Gasteiger partial charge >= 0.3 is 0 Å². The molecule has 10 saturated carbocycles. The summed E-state index contributed by atoms with van der Waals surface area (Å²) in [7, 11) is 0. The third kappa shape index (κ3) is 7.68. The maximum Gasteiger partial charge on any atom is 0.0491 e. The van der Waals surface area contributed by atoms with Gasteiger partial charge in [-0.05, 0) is 211 Å². The molecule has 10 aliphatic carbocycles. The molecule has 0 spiro atoms. The molecular weight excluding hydrogens is 748 g/mol. The van der Waals surface area contributed by atoms with Crippen LogP contribution in [0.2, 0.25) is 0 Å². The second-order valence-corrected chi connectivity index (χ2v) is 26.1. The first-order valence-electron chi connectivity index (χ1n) is 26.9. The van der Waals surface area contributed by atoms with Gasteiger partial charge in [-0.15, -0.1) is 23.2 Å². The maximum absolute atomic E-state index is 7.41.